The van der Waals surface area contributed by atoms with E-state index in [9.17, 15) is 29.1 Å². The number of pyridine rings is 4. The molecule has 4 aliphatic heterocycles. The van der Waals surface area contributed by atoms with Gasteiger partial charge in [0.1, 0.15) is 59.1 Å². The number of carbonyl (C=O) groups excluding carboxylic acids is 5. The summed E-state index contributed by atoms with van der Waals surface area (Å²) in [6, 6.07) is 8.38. The van der Waals surface area contributed by atoms with Crippen LogP contribution in [-0.2, 0) is 47.5 Å². The fraction of sp³-hybridized carbons (Fsp3) is 0.598. The maximum absolute atomic E-state index is 12.7. The number of nitrogens with one attached hydrogen (secondary N) is 8. The van der Waals surface area contributed by atoms with Crippen LogP contribution in [0.4, 0.5) is 22.7 Å². The van der Waals surface area contributed by atoms with Crippen molar-refractivity contribution in [1.29, 1.82) is 0 Å². The summed E-state index contributed by atoms with van der Waals surface area (Å²) in [5.74, 6) is 1.33. The molecule has 0 saturated carbocycles. The summed E-state index contributed by atoms with van der Waals surface area (Å²) < 4.78 is 41.4. The quantitative estimate of drug-likeness (QED) is 0.00818. The molecule has 30 nitrogen and oxygen atoms in total. The number of esters is 3. The van der Waals surface area contributed by atoms with Gasteiger partial charge in [0.2, 0.25) is 11.8 Å². The predicted octanol–water partition coefficient (Wildman–Crippen LogP) is 11.1. The summed E-state index contributed by atoms with van der Waals surface area (Å²) in [5.41, 5.74) is 7.95. The first-order valence-electron chi connectivity index (χ1n) is 39.9. The highest BCUT2D eigenvalue weighted by Gasteiger charge is 2.35. The highest BCUT2D eigenvalue weighted by molar-refractivity contribution is 6.06. The van der Waals surface area contributed by atoms with Gasteiger partial charge in [0.15, 0.2) is 6.29 Å². The van der Waals surface area contributed by atoms with Crippen molar-refractivity contribution in [2.45, 2.75) is 144 Å². The zero-order valence-electron chi connectivity index (χ0n) is 67.9. The number of aromatic amines is 4. The molecular weight excluding hydrogens is 1430 g/mol. The minimum absolute atomic E-state index is 0.0376. The van der Waals surface area contributed by atoms with Crippen LogP contribution in [0.3, 0.4) is 0 Å². The highest BCUT2D eigenvalue weighted by atomic mass is 16.6. The number of nitrogens with zero attached hydrogens (tertiary/aromatic N) is 8. The summed E-state index contributed by atoms with van der Waals surface area (Å²) in [6.07, 6.45) is 19.8. The van der Waals surface area contributed by atoms with Crippen LogP contribution in [0.2, 0.25) is 0 Å². The Kier molecular flexibility index (Phi) is 34.1. The van der Waals surface area contributed by atoms with Gasteiger partial charge in [-0.2, -0.15) is 0 Å². The molecule has 2 amide bonds. The monoisotopic (exact) mass is 1550 g/mol. The van der Waals surface area contributed by atoms with Gasteiger partial charge in [0.25, 0.3) is 0 Å². The molecule has 4 saturated heterocycles. The normalized spacial score (nSPS) is 20.4. The molecule has 0 aliphatic carbocycles. The molecular formula is C82H122N16O14. The lowest BCUT2D eigenvalue weighted by atomic mass is 9.92. The number of likely N-dealkylation sites (N-methyl/N-ethyl adjacent to an activating group) is 1. The molecule has 4 aliphatic rings. The topological polar surface area (TPSA) is 355 Å². The minimum atomic E-state index is -1.12. The maximum atomic E-state index is 12.7. The van der Waals surface area contributed by atoms with Crippen LogP contribution >= 0.6 is 0 Å². The van der Waals surface area contributed by atoms with E-state index < -0.39 is 12.3 Å². The SMILES string of the molecule is CCCC(=O)N1CC[C@H](C)[C@H](Nc2c(C(=O)OCCOC)cnc3[nH]ccc23)C1.CCCN1CC[C@H](C)[C@H](Nc2c(C(=O)OCCOC)cnc3[nH]ccc23)C1.CCN1CC[C@H](C)[C@H](Nc2c(C(=O)OCCOC)cnc3[nH]ccc23)C1.COCCOC(O)c1cnc2[nH]ccc2c1N[C@H]1CN(C(=O)CC(C)C)CC[C@H]1C. The second kappa shape index (κ2) is 43.9. The van der Waals surface area contributed by atoms with Crippen LogP contribution in [0.25, 0.3) is 44.1 Å². The standard InChI is InChI=1S/C22H34N4O4.C21H30N4O4.C20H30N4O3.C19H28N4O3/c1-14(2)11-19(27)26-8-6-15(3)18(13-26)25-20-16-5-7-23-21(16)24-12-17(20)22(28)30-10-9-29-4;1-4-5-18(26)25-9-7-14(2)17(13-25)24-19-15-6-8-22-20(15)23-12-16(19)21(27)29-11-10-28-3;1-4-8-24-9-6-14(2)17(13-24)23-18-15-5-7-21-19(15)22-12-16(18)20(25)27-11-10-26-3;1-4-23-8-6-13(2)16(12-23)22-17-14-5-7-20-18(14)21-11-15(17)19(24)26-10-9-25-3/h5,7,12,14-15,18,22,28H,6,8-11,13H2,1-4H3,(H2,23,24,25);6,8,12,14,17H,4-5,7,9-11,13H2,1-3H3,(H2,22,23,24);5,7,12,14,17H,4,6,8-11,13H2,1-3H3,(H2,21,22,23);5,7,11,13,16H,4,6,8-10,12H2,1-3H3,(H2,20,21,22)/t15-,18+,22?;2*14-,17+;13-,16+/m1000/s1. The van der Waals surface area contributed by atoms with Crippen molar-refractivity contribution in [2.75, 3.05) is 168 Å². The third-order valence-corrected chi connectivity index (χ3v) is 21.5. The van der Waals surface area contributed by atoms with E-state index >= 15 is 0 Å². The van der Waals surface area contributed by atoms with Gasteiger partial charge in [-0.3, -0.25) is 9.59 Å². The number of piperidine rings is 4. The van der Waals surface area contributed by atoms with Gasteiger partial charge < -0.3 is 104 Å². The largest absolute Gasteiger partial charge is 0.460 e. The summed E-state index contributed by atoms with van der Waals surface area (Å²) >= 11 is 0. The molecule has 0 spiro atoms. The number of H-pyrrole nitrogens is 4. The number of aliphatic hydroxyl groups is 1. The lowest BCUT2D eigenvalue weighted by Gasteiger charge is -2.38. The van der Waals surface area contributed by atoms with Gasteiger partial charge in [-0.1, -0.05) is 62.3 Å². The molecule has 9 atom stereocenters. The Morgan fingerprint density at radius 1 is 0.464 bits per heavy atom. The molecule has 1 unspecified atom stereocenters. The van der Waals surface area contributed by atoms with Gasteiger partial charge >= 0.3 is 17.9 Å². The smallest absolute Gasteiger partial charge is 0.341 e. The van der Waals surface area contributed by atoms with E-state index in [4.69, 9.17) is 37.9 Å². The number of methoxy groups -OCH3 is 4. The van der Waals surface area contributed by atoms with Gasteiger partial charge in [-0.15, -0.1) is 0 Å². The van der Waals surface area contributed by atoms with Crippen molar-refractivity contribution in [3.63, 3.8) is 0 Å². The second-order valence-corrected chi connectivity index (χ2v) is 30.1. The first kappa shape index (κ1) is 87.0. The number of likely N-dealkylation sites (tertiary alicyclic amines) is 4. The van der Waals surface area contributed by atoms with Gasteiger partial charge in [-0.25, -0.2) is 34.3 Å². The van der Waals surface area contributed by atoms with E-state index in [2.05, 4.69) is 126 Å². The Balaban J connectivity index is 0.000000172. The van der Waals surface area contributed by atoms with Crippen LogP contribution in [0.5, 0.6) is 0 Å². The molecule has 0 bridgehead atoms. The number of anilines is 4. The molecule has 9 N–H and O–H groups in total. The second-order valence-electron chi connectivity index (χ2n) is 30.1. The summed E-state index contributed by atoms with van der Waals surface area (Å²) in [5, 5.41) is 28.6. The molecule has 0 radical (unpaired) electrons. The average Bonchev–Trinajstić information content (AvgIpc) is 1.59. The zero-order valence-corrected chi connectivity index (χ0v) is 67.9. The number of aliphatic hydroxyl groups excluding tert-OH is 1. The Morgan fingerprint density at radius 3 is 1.21 bits per heavy atom. The van der Waals surface area contributed by atoms with E-state index in [1.54, 1.807) is 53.2 Å². The maximum Gasteiger partial charge on any atom is 0.341 e. The summed E-state index contributed by atoms with van der Waals surface area (Å²) in [4.78, 5) is 102. The molecule has 0 aromatic carbocycles. The van der Waals surface area contributed by atoms with Crippen LogP contribution in [0.1, 0.15) is 157 Å². The van der Waals surface area contributed by atoms with Crippen molar-refractivity contribution in [3.8, 4) is 0 Å². The van der Waals surface area contributed by atoms with E-state index in [0.717, 1.165) is 146 Å². The molecule has 30 heteroatoms. The van der Waals surface area contributed by atoms with Crippen molar-refractivity contribution in [3.05, 3.63) is 96.1 Å². The Morgan fingerprint density at radius 2 is 0.821 bits per heavy atom. The fourth-order valence-electron chi connectivity index (χ4n) is 14.6. The van der Waals surface area contributed by atoms with Crippen LogP contribution in [0, 0.1) is 29.6 Å². The summed E-state index contributed by atoms with van der Waals surface area (Å²) in [7, 11) is 6.32. The predicted molar refractivity (Wildman–Crippen MR) is 435 cm³/mol. The molecule has 112 heavy (non-hydrogen) atoms. The first-order valence-corrected chi connectivity index (χ1v) is 39.9. The number of hydrogen-bond donors (Lipinski definition) is 9. The number of fused-ring (bicyclic) bond motifs is 4. The Bertz CT molecular complexity index is 4260. The summed E-state index contributed by atoms with van der Waals surface area (Å²) in [6.45, 7) is 31.0. The van der Waals surface area contributed by atoms with Crippen molar-refractivity contribution >= 4 is 96.6 Å². The van der Waals surface area contributed by atoms with Crippen molar-refractivity contribution in [1.82, 2.24) is 59.5 Å². The average molecular weight is 1560 g/mol. The lowest BCUT2D eigenvalue weighted by molar-refractivity contribution is -0.134. The third kappa shape index (κ3) is 23.6. The number of hydrogen-bond acceptors (Lipinski definition) is 24. The zero-order chi connectivity index (χ0) is 80.2. The van der Waals surface area contributed by atoms with Gasteiger partial charge in [0, 0.05) is 181 Å². The molecule has 4 fully saturated rings. The molecule has 8 aromatic heterocycles. The highest BCUT2D eigenvalue weighted by Crippen LogP contribution is 2.36. The minimum Gasteiger partial charge on any atom is -0.460 e. The lowest BCUT2D eigenvalue weighted by Crippen LogP contribution is -2.49. The molecule has 12 rings (SSSR count). The first-order chi connectivity index (χ1) is 54.2. The van der Waals surface area contributed by atoms with Crippen LogP contribution < -0.4 is 21.3 Å². The van der Waals surface area contributed by atoms with Crippen molar-refractivity contribution in [2.24, 2.45) is 29.6 Å². The van der Waals surface area contributed by atoms with E-state index in [1.165, 1.54) is 6.20 Å². The van der Waals surface area contributed by atoms with Crippen LogP contribution in [0.15, 0.2) is 73.8 Å². The fourth-order valence-corrected chi connectivity index (χ4v) is 14.6. The van der Waals surface area contributed by atoms with Gasteiger partial charge in [0.05, 0.1) is 55.8 Å². The van der Waals surface area contributed by atoms with E-state index in [1.807, 2.05) is 59.6 Å². The number of amides is 2. The van der Waals surface area contributed by atoms with E-state index in [0.29, 0.717) is 116 Å². The number of rotatable bonds is 32. The van der Waals surface area contributed by atoms with Crippen LogP contribution in [-0.4, -0.2) is 265 Å². The number of carbonyl (C=O) groups is 5. The van der Waals surface area contributed by atoms with Gasteiger partial charge in [-0.05, 0) is 119 Å². The Labute approximate surface area is 657 Å². The molecule has 8 aromatic rings. The number of aromatic nitrogens is 8. The Hall–Kier alpha value is -9.01. The molecule has 12 heterocycles. The molecule has 614 valence electrons. The third-order valence-electron chi connectivity index (χ3n) is 21.5. The van der Waals surface area contributed by atoms with E-state index in [-0.39, 0.29) is 74.3 Å². The number of ether oxygens (including phenoxy) is 8. The van der Waals surface area contributed by atoms with Crippen molar-refractivity contribution < 1.29 is 67.0 Å².